The van der Waals surface area contributed by atoms with Crippen molar-refractivity contribution >= 4 is 12.0 Å². The fourth-order valence-corrected chi connectivity index (χ4v) is 2.01. The average molecular weight is 335 g/mol. The van der Waals surface area contributed by atoms with E-state index in [4.69, 9.17) is 10.5 Å². The maximum Gasteiger partial charge on any atom is 0.408 e. The number of carbonyl (C=O) groups is 2. The Bertz CT molecular complexity index is 520. The summed E-state index contributed by atoms with van der Waals surface area (Å²) in [5, 5.41) is 5.40. The minimum atomic E-state index is -0.678. The first-order valence-corrected chi connectivity index (χ1v) is 8.38. The molecular formula is C18H29N3O3. The highest BCUT2D eigenvalue weighted by molar-refractivity contribution is 5.86. The monoisotopic (exact) mass is 335 g/mol. The summed E-state index contributed by atoms with van der Waals surface area (Å²) in [6.45, 7) is 7.87. The van der Waals surface area contributed by atoms with Gasteiger partial charge < -0.3 is 21.1 Å². The van der Waals surface area contributed by atoms with E-state index in [1.165, 1.54) is 0 Å². The van der Waals surface area contributed by atoms with E-state index in [2.05, 4.69) is 10.6 Å². The van der Waals surface area contributed by atoms with Crippen LogP contribution in [0.25, 0.3) is 0 Å². The maximum absolute atomic E-state index is 12.4. The van der Waals surface area contributed by atoms with Crippen LogP contribution in [0.1, 0.15) is 39.7 Å². The van der Waals surface area contributed by atoms with Gasteiger partial charge in [-0.3, -0.25) is 4.79 Å². The van der Waals surface area contributed by atoms with E-state index in [0.717, 1.165) is 12.0 Å². The Hall–Kier alpha value is -2.08. The molecule has 0 aromatic heterocycles. The van der Waals surface area contributed by atoms with Crippen molar-refractivity contribution < 1.29 is 14.3 Å². The first kappa shape index (κ1) is 20.0. The Balaban J connectivity index is 2.61. The number of alkyl carbamates (subject to hydrolysis) is 1. The Morgan fingerprint density at radius 2 is 1.75 bits per heavy atom. The molecule has 0 spiro atoms. The smallest absolute Gasteiger partial charge is 0.408 e. The summed E-state index contributed by atoms with van der Waals surface area (Å²) >= 11 is 0. The highest BCUT2D eigenvalue weighted by Crippen LogP contribution is 2.10. The van der Waals surface area contributed by atoms with Gasteiger partial charge >= 0.3 is 6.09 Å². The minimum absolute atomic E-state index is 0.0337. The van der Waals surface area contributed by atoms with Crippen molar-refractivity contribution in [1.82, 2.24) is 10.6 Å². The molecule has 4 N–H and O–H groups in total. The number of nitrogens with two attached hydrogens (primary N) is 1. The fraction of sp³-hybridized carbons (Fsp3) is 0.556. The number of carbonyl (C=O) groups excluding carboxylic acids is 2. The highest BCUT2D eigenvalue weighted by Gasteiger charge is 2.28. The molecule has 0 heterocycles. The average Bonchev–Trinajstić information content (AvgIpc) is 2.57. The Morgan fingerprint density at radius 1 is 1.12 bits per heavy atom. The van der Waals surface area contributed by atoms with E-state index in [0.29, 0.717) is 0 Å². The molecule has 3 atom stereocenters. The van der Waals surface area contributed by atoms with Crippen molar-refractivity contribution in [2.24, 2.45) is 17.6 Å². The second-order valence-electron chi connectivity index (χ2n) is 6.35. The predicted octanol–water partition coefficient (Wildman–Crippen LogP) is 2.38. The van der Waals surface area contributed by atoms with Gasteiger partial charge in [0.2, 0.25) is 5.91 Å². The molecule has 3 unspecified atom stereocenters. The number of benzene rings is 1. The molecule has 24 heavy (non-hydrogen) atoms. The highest BCUT2D eigenvalue weighted by atomic mass is 16.5. The van der Waals surface area contributed by atoms with Gasteiger partial charge in [0.05, 0.1) is 6.17 Å². The maximum atomic E-state index is 12.4. The lowest BCUT2D eigenvalue weighted by molar-refractivity contribution is -0.125. The second kappa shape index (κ2) is 9.93. The van der Waals surface area contributed by atoms with E-state index in [9.17, 15) is 9.59 Å². The van der Waals surface area contributed by atoms with Gasteiger partial charge in [0, 0.05) is 0 Å². The summed E-state index contributed by atoms with van der Waals surface area (Å²) in [6, 6.07) is 8.70. The molecule has 134 valence electrons. The molecule has 1 rings (SSSR count). The lowest BCUT2D eigenvalue weighted by Crippen LogP contribution is -2.55. The molecule has 6 heteroatoms. The van der Waals surface area contributed by atoms with Gasteiger partial charge in [-0.15, -0.1) is 0 Å². The number of ether oxygens (including phenoxy) is 1. The quantitative estimate of drug-likeness (QED) is 0.636. The summed E-state index contributed by atoms with van der Waals surface area (Å²) in [7, 11) is 0. The van der Waals surface area contributed by atoms with Gasteiger partial charge in [-0.2, -0.15) is 0 Å². The Labute approximate surface area is 144 Å². The number of amides is 2. The molecule has 0 fully saturated rings. The van der Waals surface area contributed by atoms with Crippen molar-refractivity contribution in [2.45, 2.75) is 52.9 Å². The lowest BCUT2D eigenvalue weighted by atomic mass is 9.98. The van der Waals surface area contributed by atoms with Gasteiger partial charge in [0.1, 0.15) is 12.6 Å². The third kappa shape index (κ3) is 6.58. The molecule has 2 amide bonds. The molecule has 0 aliphatic carbocycles. The first-order chi connectivity index (χ1) is 11.3. The van der Waals surface area contributed by atoms with Crippen LogP contribution >= 0.6 is 0 Å². The third-order valence-corrected chi connectivity index (χ3v) is 4.01. The molecule has 0 aliphatic heterocycles. The van der Waals surface area contributed by atoms with Gasteiger partial charge in [-0.1, -0.05) is 64.4 Å². The minimum Gasteiger partial charge on any atom is -0.445 e. The standard InChI is InChI=1S/C18H29N3O3/c1-5-13(4)15(17(22)21-16(19)12(2)3)20-18(23)24-11-14-9-7-6-8-10-14/h6-10,12-13,15-16H,5,11,19H2,1-4H3,(H,20,23)(H,21,22). The summed E-state index contributed by atoms with van der Waals surface area (Å²) in [4.78, 5) is 24.4. The number of rotatable bonds is 8. The summed E-state index contributed by atoms with van der Waals surface area (Å²) < 4.78 is 5.19. The van der Waals surface area contributed by atoms with Gasteiger partial charge in [-0.05, 0) is 17.4 Å². The molecule has 1 aromatic rings. The van der Waals surface area contributed by atoms with Gasteiger partial charge in [0.25, 0.3) is 0 Å². The van der Waals surface area contributed by atoms with Crippen LogP contribution in [0.15, 0.2) is 30.3 Å². The van der Waals surface area contributed by atoms with Crippen LogP contribution in [0.4, 0.5) is 4.79 Å². The van der Waals surface area contributed by atoms with Crippen molar-refractivity contribution in [3.05, 3.63) is 35.9 Å². The van der Waals surface area contributed by atoms with Crippen LogP contribution in [0.3, 0.4) is 0 Å². The van der Waals surface area contributed by atoms with Gasteiger partial charge in [0.15, 0.2) is 0 Å². The van der Waals surface area contributed by atoms with Crippen LogP contribution in [0.5, 0.6) is 0 Å². The Kier molecular flexibility index (Phi) is 8.26. The van der Waals surface area contributed by atoms with Gasteiger partial charge in [-0.25, -0.2) is 4.79 Å². The zero-order valence-corrected chi connectivity index (χ0v) is 14.9. The molecule has 6 nitrogen and oxygen atoms in total. The number of hydrogen-bond acceptors (Lipinski definition) is 4. The predicted molar refractivity (Wildman–Crippen MR) is 94.0 cm³/mol. The van der Waals surface area contributed by atoms with Crippen LogP contribution in [-0.4, -0.2) is 24.2 Å². The molecule has 1 aromatic carbocycles. The van der Waals surface area contributed by atoms with Crippen molar-refractivity contribution in [1.29, 1.82) is 0 Å². The lowest BCUT2D eigenvalue weighted by Gasteiger charge is -2.26. The number of nitrogens with one attached hydrogen (secondary N) is 2. The molecule has 0 radical (unpaired) electrons. The molecule has 0 bridgehead atoms. The molecule has 0 saturated carbocycles. The summed E-state index contributed by atoms with van der Waals surface area (Å²) in [5.41, 5.74) is 6.77. The number of hydrogen-bond donors (Lipinski definition) is 3. The van der Waals surface area contributed by atoms with Crippen molar-refractivity contribution in [3.63, 3.8) is 0 Å². The van der Waals surface area contributed by atoms with E-state index >= 15 is 0 Å². The normalized spacial score (nSPS) is 14.6. The van der Waals surface area contributed by atoms with Crippen LogP contribution < -0.4 is 16.4 Å². The first-order valence-electron chi connectivity index (χ1n) is 8.38. The largest absolute Gasteiger partial charge is 0.445 e. The zero-order chi connectivity index (χ0) is 18.1. The molecular weight excluding hydrogens is 306 g/mol. The van der Waals surface area contributed by atoms with E-state index in [1.54, 1.807) is 0 Å². The fourth-order valence-electron chi connectivity index (χ4n) is 2.01. The van der Waals surface area contributed by atoms with Crippen LogP contribution in [0, 0.1) is 11.8 Å². The summed E-state index contributed by atoms with van der Waals surface area (Å²) in [6.07, 6.45) is -0.322. The van der Waals surface area contributed by atoms with Crippen molar-refractivity contribution in [2.75, 3.05) is 0 Å². The second-order valence-corrected chi connectivity index (χ2v) is 6.35. The molecule has 0 aliphatic rings. The zero-order valence-electron chi connectivity index (χ0n) is 14.9. The SMILES string of the molecule is CCC(C)C(NC(=O)OCc1ccccc1)C(=O)NC(N)C(C)C. The summed E-state index contributed by atoms with van der Waals surface area (Å²) in [5.74, 6) is -0.215. The van der Waals surface area contributed by atoms with E-state index < -0.39 is 18.3 Å². The topological polar surface area (TPSA) is 93.4 Å². The van der Waals surface area contributed by atoms with E-state index in [1.807, 2.05) is 58.0 Å². The van der Waals surface area contributed by atoms with Crippen LogP contribution in [0.2, 0.25) is 0 Å². The van der Waals surface area contributed by atoms with E-state index in [-0.39, 0.29) is 24.3 Å². The van der Waals surface area contributed by atoms with Crippen LogP contribution in [-0.2, 0) is 16.1 Å². The Morgan fingerprint density at radius 3 is 2.29 bits per heavy atom. The molecule has 0 saturated heterocycles. The third-order valence-electron chi connectivity index (χ3n) is 4.01. The van der Waals surface area contributed by atoms with Crippen molar-refractivity contribution in [3.8, 4) is 0 Å².